The molecule has 2 N–H and O–H groups in total. The Labute approximate surface area is 163 Å². The Hall–Kier alpha value is -2.33. The van der Waals surface area contributed by atoms with Crippen LogP contribution in [0.1, 0.15) is 37.2 Å². The molecule has 0 aliphatic rings. The summed E-state index contributed by atoms with van der Waals surface area (Å²) in [7, 11) is 0. The van der Waals surface area contributed by atoms with Crippen LogP contribution in [0.3, 0.4) is 0 Å². The summed E-state index contributed by atoms with van der Waals surface area (Å²) < 4.78 is 0. The zero-order valence-corrected chi connectivity index (χ0v) is 16.2. The predicted octanol–water partition coefficient (Wildman–Crippen LogP) is 6.25. The molecule has 0 aliphatic carbocycles. The molecule has 0 heterocycles. The summed E-state index contributed by atoms with van der Waals surface area (Å²) in [6.07, 6.45) is -1.14. The Morgan fingerprint density at radius 3 is 1.41 bits per heavy atom. The van der Waals surface area contributed by atoms with Crippen molar-refractivity contribution in [1.82, 2.24) is 0 Å². The Kier molecular flexibility index (Phi) is 4.92. The highest BCUT2D eigenvalue weighted by molar-refractivity contribution is 8.00. The van der Waals surface area contributed by atoms with E-state index >= 15 is 0 Å². The van der Waals surface area contributed by atoms with Gasteiger partial charge in [-0.2, -0.15) is 0 Å². The molecule has 27 heavy (non-hydrogen) atoms. The van der Waals surface area contributed by atoms with Crippen LogP contribution in [0.25, 0.3) is 21.5 Å². The minimum absolute atomic E-state index is 0.568. The van der Waals surface area contributed by atoms with Crippen molar-refractivity contribution in [2.75, 3.05) is 0 Å². The van der Waals surface area contributed by atoms with Crippen molar-refractivity contribution in [3.63, 3.8) is 0 Å². The molecule has 0 saturated heterocycles. The number of aliphatic hydroxyl groups excluding tert-OH is 2. The normalized spacial score (nSPS) is 13.8. The molecule has 0 aromatic heterocycles. The third kappa shape index (κ3) is 3.34. The van der Waals surface area contributed by atoms with Crippen LogP contribution in [-0.2, 0) is 0 Å². The molecule has 0 spiro atoms. The standard InChI is InChI=1S/C24H22O2S/c1-15(25)19-13-11-17-7-3-5-9-21(17)23(19)27-24-20(16(2)26)14-12-18-8-4-6-10-22(18)24/h3-16,25-26H,1-2H3. The van der Waals surface area contributed by atoms with E-state index in [1.807, 2.05) is 36.4 Å². The van der Waals surface area contributed by atoms with E-state index in [0.717, 1.165) is 42.5 Å². The molecule has 4 rings (SSSR count). The van der Waals surface area contributed by atoms with Crippen molar-refractivity contribution < 1.29 is 10.2 Å². The van der Waals surface area contributed by atoms with Gasteiger partial charge < -0.3 is 10.2 Å². The summed E-state index contributed by atoms with van der Waals surface area (Å²) in [6, 6.07) is 24.6. The topological polar surface area (TPSA) is 40.5 Å². The summed E-state index contributed by atoms with van der Waals surface area (Å²) in [4.78, 5) is 2.09. The lowest BCUT2D eigenvalue weighted by Gasteiger charge is -2.19. The van der Waals surface area contributed by atoms with E-state index in [1.54, 1.807) is 25.6 Å². The van der Waals surface area contributed by atoms with Gasteiger partial charge in [0.05, 0.1) is 12.2 Å². The Morgan fingerprint density at radius 1 is 0.593 bits per heavy atom. The fourth-order valence-corrected chi connectivity index (χ4v) is 5.02. The van der Waals surface area contributed by atoms with Gasteiger partial charge in [0.2, 0.25) is 0 Å². The van der Waals surface area contributed by atoms with Crippen molar-refractivity contribution in [1.29, 1.82) is 0 Å². The molecule has 0 bridgehead atoms. The average molecular weight is 375 g/mol. The minimum Gasteiger partial charge on any atom is -0.389 e. The van der Waals surface area contributed by atoms with Crippen molar-refractivity contribution in [3.05, 3.63) is 83.9 Å². The van der Waals surface area contributed by atoms with E-state index < -0.39 is 12.2 Å². The lowest BCUT2D eigenvalue weighted by molar-refractivity contribution is 0.196. The quantitative estimate of drug-likeness (QED) is 0.443. The number of benzene rings is 4. The van der Waals surface area contributed by atoms with Gasteiger partial charge in [-0.25, -0.2) is 0 Å². The average Bonchev–Trinajstić information content (AvgIpc) is 2.68. The van der Waals surface area contributed by atoms with Gasteiger partial charge in [-0.1, -0.05) is 84.6 Å². The highest BCUT2D eigenvalue weighted by Gasteiger charge is 2.18. The second kappa shape index (κ2) is 7.35. The van der Waals surface area contributed by atoms with Crippen molar-refractivity contribution in [3.8, 4) is 0 Å². The largest absolute Gasteiger partial charge is 0.389 e. The smallest absolute Gasteiger partial charge is 0.0773 e. The summed E-state index contributed by atoms with van der Waals surface area (Å²) in [5.41, 5.74) is 1.81. The van der Waals surface area contributed by atoms with Gasteiger partial charge >= 0.3 is 0 Å². The molecule has 136 valence electrons. The van der Waals surface area contributed by atoms with Crippen LogP contribution in [0.15, 0.2) is 82.6 Å². The molecule has 4 aromatic carbocycles. The first-order chi connectivity index (χ1) is 13.1. The summed E-state index contributed by atoms with van der Waals surface area (Å²) in [5.74, 6) is 0. The molecule has 4 aromatic rings. The number of aliphatic hydroxyl groups is 2. The van der Waals surface area contributed by atoms with Crippen LogP contribution >= 0.6 is 11.8 Å². The lowest BCUT2D eigenvalue weighted by Crippen LogP contribution is -1.98. The first-order valence-corrected chi connectivity index (χ1v) is 9.95. The highest BCUT2D eigenvalue weighted by atomic mass is 32.2. The summed E-state index contributed by atoms with van der Waals surface area (Å²) in [5, 5.41) is 25.3. The van der Waals surface area contributed by atoms with Gasteiger partial charge in [0, 0.05) is 9.79 Å². The van der Waals surface area contributed by atoms with Crippen molar-refractivity contribution in [2.24, 2.45) is 0 Å². The maximum Gasteiger partial charge on any atom is 0.0773 e. The molecule has 2 nitrogen and oxygen atoms in total. The summed E-state index contributed by atoms with van der Waals surface area (Å²) >= 11 is 1.64. The fraction of sp³-hybridized carbons (Fsp3) is 0.167. The maximum absolute atomic E-state index is 10.4. The van der Waals surface area contributed by atoms with E-state index in [9.17, 15) is 10.2 Å². The van der Waals surface area contributed by atoms with Crippen LogP contribution in [0, 0.1) is 0 Å². The fourth-order valence-electron chi connectivity index (χ4n) is 3.51. The molecule has 0 fully saturated rings. The highest BCUT2D eigenvalue weighted by Crippen LogP contribution is 2.44. The molecule has 2 atom stereocenters. The van der Waals surface area contributed by atoms with Gasteiger partial charge in [-0.15, -0.1) is 0 Å². The van der Waals surface area contributed by atoms with Crippen LogP contribution in [0.4, 0.5) is 0 Å². The molecule has 0 radical (unpaired) electrons. The zero-order chi connectivity index (χ0) is 19.0. The maximum atomic E-state index is 10.4. The number of hydrogen-bond donors (Lipinski definition) is 2. The first kappa shape index (κ1) is 18.1. The van der Waals surface area contributed by atoms with Crippen molar-refractivity contribution >= 4 is 33.3 Å². The minimum atomic E-state index is -0.568. The van der Waals surface area contributed by atoms with E-state index in [-0.39, 0.29) is 0 Å². The van der Waals surface area contributed by atoms with E-state index in [2.05, 4.69) is 36.4 Å². The predicted molar refractivity (Wildman–Crippen MR) is 113 cm³/mol. The number of fused-ring (bicyclic) bond motifs is 2. The molecule has 3 heteroatoms. The van der Waals surface area contributed by atoms with E-state index in [1.165, 1.54) is 0 Å². The van der Waals surface area contributed by atoms with Gasteiger partial charge in [0.1, 0.15) is 0 Å². The Bertz CT molecular complexity index is 1030. The molecule has 0 amide bonds. The number of hydrogen-bond acceptors (Lipinski definition) is 3. The van der Waals surface area contributed by atoms with Gasteiger partial charge in [0.15, 0.2) is 0 Å². The SMILES string of the molecule is CC(O)c1ccc2ccccc2c1Sc1c(C(C)O)ccc2ccccc12. The molecular weight excluding hydrogens is 352 g/mol. The van der Waals surface area contributed by atoms with Crippen LogP contribution in [-0.4, -0.2) is 10.2 Å². The molecule has 2 unspecified atom stereocenters. The van der Waals surface area contributed by atoms with Gasteiger partial charge in [-0.05, 0) is 46.5 Å². The van der Waals surface area contributed by atoms with E-state index in [4.69, 9.17) is 0 Å². The third-order valence-corrected chi connectivity index (χ3v) is 6.24. The zero-order valence-electron chi connectivity index (χ0n) is 15.4. The second-order valence-corrected chi connectivity index (χ2v) is 7.88. The Morgan fingerprint density at radius 2 is 1.00 bits per heavy atom. The third-order valence-electron chi connectivity index (χ3n) is 4.92. The van der Waals surface area contributed by atoms with Crippen LogP contribution in [0.2, 0.25) is 0 Å². The van der Waals surface area contributed by atoms with E-state index in [0.29, 0.717) is 0 Å². The van der Waals surface area contributed by atoms with Crippen LogP contribution in [0.5, 0.6) is 0 Å². The number of rotatable bonds is 4. The molecule has 0 aliphatic heterocycles. The van der Waals surface area contributed by atoms with Crippen LogP contribution < -0.4 is 0 Å². The van der Waals surface area contributed by atoms with Gasteiger partial charge in [0.25, 0.3) is 0 Å². The lowest BCUT2D eigenvalue weighted by atomic mass is 10.0. The molecule has 0 saturated carbocycles. The first-order valence-electron chi connectivity index (χ1n) is 9.13. The second-order valence-electron chi connectivity index (χ2n) is 6.86. The monoisotopic (exact) mass is 374 g/mol. The molecular formula is C24H22O2S. The van der Waals surface area contributed by atoms with Crippen molar-refractivity contribution in [2.45, 2.75) is 35.8 Å². The van der Waals surface area contributed by atoms with Gasteiger partial charge in [-0.3, -0.25) is 0 Å². The Balaban J connectivity index is 2.00. The summed E-state index contributed by atoms with van der Waals surface area (Å²) in [6.45, 7) is 3.60.